The molecule has 0 unspecified atom stereocenters. The van der Waals surface area contributed by atoms with E-state index in [2.05, 4.69) is 0 Å². The molecule has 3 spiro atoms. The molecular formula is C20H30O6. The summed E-state index contributed by atoms with van der Waals surface area (Å²) >= 11 is 0. The second-order valence-corrected chi connectivity index (χ2v) is 8.10. The Bertz CT molecular complexity index is 567. The zero-order valence-electron chi connectivity index (χ0n) is 15.6. The molecule has 1 aliphatic carbocycles. The van der Waals surface area contributed by atoms with Crippen molar-refractivity contribution < 1.29 is 28.8 Å². The van der Waals surface area contributed by atoms with Gasteiger partial charge in [-0.1, -0.05) is 12.2 Å². The first-order valence-electron chi connectivity index (χ1n) is 9.97. The van der Waals surface area contributed by atoms with E-state index in [9.17, 15) is 9.90 Å². The van der Waals surface area contributed by atoms with Crippen LogP contribution in [0.2, 0.25) is 0 Å². The first-order chi connectivity index (χ1) is 12.5. The largest absolute Gasteiger partial charge is 0.466 e. The van der Waals surface area contributed by atoms with E-state index in [-0.39, 0.29) is 5.97 Å². The van der Waals surface area contributed by atoms with E-state index in [1.54, 1.807) is 0 Å². The van der Waals surface area contributed by atoms with E-state index in [1.165, 1.54) is 6.92 Å². The molecule has 3 fully saturated rings. The normalized spacial score (nSPS) is 44.5. The lowest BCUT2D eigenvalue weighted by atomic mass is 9.56. The van der Waals surface area contributed by atoms with Crippen molar-refractivity contribution in [2.45, 2.75) is 80.7 Å². The number of fused-ring (bicyclic) bond motifs is 2. The summed E-state index contributed by atoms with van der Waals surface area (Å²) in [6.07, 6.45) is 10.3. The molecule has 4 rings (SSSR count). The lowest BCUT2D eigenvalue weighted by Crippen LogP contribution is -2.76. The van der Waals surface area contributed by atoms with Crippen molar-refractivity contribution in [2.24, 2.45) is 0 Å². The van der Waals surface area contributed by atoms with Crippen LogP contribution >= 0.6 is 0 Å². The van der Waals surface area contributed by atoms with Crippen LogP contribution in [-0.2, 0) is 23.7 Å². The van der Waals surface area contributed by atoms with Crippen molar-refractivity contribution in [2.75, 3.05) is 26.4 Å². The van der Waals surface area contributed by atoms with E-state index >= 15 is 0 Å². The summed E-state index contributed by atoms with van der Waals surface area (Å²) < 4.78 is 24.2. The van der Waals surface area contributed by atoms with Gasteiger partial charge in [0.1, 0.15) is 22.4 Å². The molecule has 3 saturated heterocycles. The van der Waals surface area contributed by atoms with Crippen LogP contribution in [0.4, 0.5) is 0 Å². The highest BCUT2D eigenvalue weighted by atomic mass is 16.6. The van der Waals surface area contributed by atoms with Crippen LogP contribution in [0.15, 0.2) is 12.2 Å². The summed E-state index contributed by atoms with van der Waals surface area (Å²) in [5.74, 6) is -0.295. The summed E-state index contributed by atoms with van der Waals surface area (Å²) in [4.78, 5) is 11.0. The third-order valence-electron chi connectivity index (χ3n) is 6.77. The highest BCUT2D eigenvalue weighted by Gasteiger charge is 2.75. The predicted molar refractivity (Wildman–Crippen MR) is 93.7 cm³/mol. The van der Waals surface area contributed by atoms with Gasteiger partial charge in [-0.2, -0.15) is 0 Å². The first kappa shape index (κ1) is 18.4. The number of aliphatic hydroxyl groups is 1. The van der Waals surface area contributed by atoms with Crippen LogP contribution in [0.3, 0.4) is 0 Å². The minimum atomic E-state index is -1.15. The van der Waals surface area contributed by atoms with Crippen molar-refractivity contribution in [1.82, 2.24) is 0 Å². The molecule has 0 bridgehead atoms. The van der Waals surface area contributed by atoms with Crippen molar-refractivity contribution in [1.29, 1.82) is 0 Å². The van der Waals surface area contributed by atoms with Crippen LogP contribution in [0, 0.1) is 0 Å². The second kappa shape index (κ2) is 6.59. The second-order valence-electron chi connectivity index (χ2n) is 8.10. The molecule has 0 saturated carbocycles. The number of ether oxygens (including phenoxy) is 4. The van der Waals surface area contributed by atoms with Crippen molar-refractivity contribution in [3.05, 3.63) is 12.2 Å². The van der Waals surface area contributed by atoms with E-state index in [0.29, 0.717) is 32.7 Å². The highest BCUT2D eigenvalue weighted by molar-refractivity contribution is 5.65. The average Bonchev–Trinajstić information content (AvgIpc) is 3.36. The third kappa shape index (κ3) is 2.42. The Kier molecular flexibility index (Phi) is 4.66. The van der Waals surface area contributed by atoms with Crippen molar-refractivity contribution in [3.8, 4) is 0 Å². The lowest BCUT2D eigenvalue weighted by Gasteiger charge is -2.61. The predicted octanol–water partition coefficient (Wildman–Crippen LogP) is 2.28. The van der Waals surface area contributed by atoms with Crippen LogP contribution < -0.4 is 0 Å². The number of carbonyl (C=O) groups excluding carboxylic acids is 1. The monoisotopic (exact) mass is 366 g/mol. The molecule has 4 atom stereocenters. The Morgan fingerprint density at radius 3 is 2.23 bits per heavy atom. The molecule has 3 heterocycles. The SMILES string of the molecule is CC(=O)OCCC[C@]1(O)C=C[C@@]2(CCCO2)[C@]2(CCCO2)[C@@]12CCCO2. The van der Waals surface area contributed by atoms with Gasteiger partial charge in [0.25, 0.3) is 0 Å². The summed E-state index contributed by atoms with van der Waals surface area (Å²) in [7, 11) is 0. The van der Waals surface area contributed by atoms with E-state index in [0.717, 1.165) is 45.1 Å². The zero-order valence-corrected chi connectivity index (χ0v) is 15.6. The smallest absolute Gasteiger partial charge is 0.302 e. The maximum absolute atomic E-state index is 11.8. The molecule has 0 radical (unpaired) electrons. The minimum absolute atomic E-state index is 0.295. The van der Waals surface area contributed by atoms with Crippen molar-refractivity contribution in [3.63, 3.8) is 0 Å². The van der Waals surface area contributed by atoms with Gasteiger partial charge in [0.15, 0.2) is 0 Å². The van der Waals surface area contributed by atoms with Crippen LogP contribution in [0.1, 0.15) is 58.3 Å². The lowest BCUT2D eigenvalue weighted by molar-refractivity contribution is -0.294. The van der Waals surface area contributed by atoms with E-state index in [4.69, 9.17) is 18.9 Å². The Morgan fingerprint density at radius 1 is 1.00 bits per heavy atom. The van der Waals surface area contributed by atoms with Crippen LogP contribution in [0.5, 0.6) is 0 Å². The molecule has 6 nitrogen and oxygen atoms in total. The van der Waals surface area contributed by atoms with Gasteiger partial charge in [-0.15, -0.1) is 0 Å². The maximum atomic E-state index is 11.8. The van der Waals surface area contributed by atoms with E-state index in [1.807, 2.05) is 12.2 Å². The number of rotatable bonds is 4. The van der Waals surface area contributed by atoms with Gasteiger partial charge in [0, 0.05) is 26.7 Å². The molecule has 0 aromatic heterocycles. The third-order valence-corrected chi connectivity index (χ3v) is 6.77. The molecule has 3 aliphatic heterocycles. The first-order valence-corrected chi connectivity index (χ1v) is 9.97. The van der Waals surface area contributed by atoms with Gasteiger partial charge in [0.05, 0.1) is 6.61 Å². The molecular weight excluding hydrogens is 336 g/mol. The minimum Gasteiger partial charge on any atom is -0.466 e. The summed E-state index contributed by atoms with van der Waals surface area (Å²) in [5, 5.41) is 11.8. The number of carbonyl (C=O) groups is 1. The number of hydrogen-bond acceptors (Lipinski definition) is 6. The number of esters is 1. The Labute approximate surface area is 154 Å². The number of hydrogen-bond donors (Lipinski definition) is 1. The molecule has 0 aromatic rings. The van der Waals surface area contributed by atoms with Gasteiger partial charge in [-0.25, -0.2) is 0 Å². The summed E-state index contributed by atoms with van der Waals surface area (Å²) in [6.45, 7) is 3.72. The Balaban J connectivity index is 1.69. The topological polar surface area (TPSA) is 74.2 Å². The fourth-order valence-electron chi connectivity index (χ4n) is 5.78. The summed E-state index contributed by atoms with van der Waals surface area (Å²) in [6, 6.07) is 0. The molecule has 26 heavy (non-hydrogen) atoms. The highest BCUT2D eigenvalue weighted by Crippen LogP contribution is 2.62. The van der Waals surface area contributed by atoms with Gasteiger partial charge in [-0.05, 0) is 51.4 Å². The Morgan fingerprint density at radius 2 is 1.65 bits per heavy atom. The standard InChI is InChI=1S/C20H30O6/c1-16(21)23-12-2-6-17(22)10-11-18(7-3-13-24-18)20(9-5-15-26-20)19(17)8-4-14-25-19/h10-11,22H,2-9,12-15H2,1H3/t17-,18-,19+,20+/m0/s1. The fraction of sp³-hybridized carbons (Fsp3) is 0.850. The van der Waals surface area contributed by atoms with Crippen LogP contribution in [-0.4, -0.2) is 59.9 Å². The van der Waals surface area contributed by atoms with Gasteiger partial charge >= 0.3 is 5.97 Å². The molecule has 4 aliphatic rings. The van der Waals surface area contributed by atoms with Gasteiger partial charge < -0.3 is 24.1 Å². The molecule has 0 aromatic carbocycles. The molecule has 6 heteroatoms. The quantitative estimate of drug-likeness (QED) is 0.467. The molecule has 1 N–H and O–H groups in total. The van der Waals surface area contributed by atoms with Gasteiger partial charge in [0.2, 0.25) is 0 Å². The van der Waals surface area contributed by atoms with Gasteiger partial charge in [-0.3, -0.25) is 4.79 Å². The zero-order chi connectivity index (χ0) is 18.3. The Hall–Kier alpha value is -0.950. The van der Waals surface area contributed by atoms with Crippen LogP contribution in [0.25, 0.3) is 0 Å². The molecule has 0 amide bonds. The van der Waals surface area contributed by atoms with E-state index < -0.39 is 22.4 Å². The summed E-state index contributed by atoms with van der Waals surface area (Å²) in [5.41, 5.74) is -3.09. The fourth-order valence-corrected chi connectivity index (χ4v) is 5.78. The maximum Gasteiger partial charge on any atom is 0.302 e. The van der Waals surface area contributed by atoms with Crippen molar-refractivity contribution >= 4 is 5.97 Å². The molecule has 146 valence electrons. The average molecular weight is 366 g/mol.